The average molecular weight is 708 g/mol. The lowest BCUT2D eigenvalue weighted by Crippen LogP contribution is -2.65. The molecule has 12 atom stereocenters. The first-order chi connectivity index (χ1) is 23.6. The minimum absolute atomic E-state index is 0.268. The predicted octanol–water partition coefficient (Wildman–Crippen LogP) is 0.920. The monoisotopic (exact) mass is 707 g/mol. The zero-order valence-electron chi connectivity index (χ0n) is 29.4. The van der Waals surface area contributed by atoms with E-state index in [1.165, 1.54) is 51.4 Å². The Labute approximate surface area is 291 Å². The first kappa shape index (κ1) is 43.9. The number of aliphatic hydroxyl groups excluding tert-OH is 8. The largest absolute Gasteiger partial charge is 0.394 e. The van der Waals surface area contributed by atoms with Crippen molar-refractivity contribution in [1.29, 1.82) is 0 Å². The molecule has 0 aromatic carbocycles. The maximum atomic E-state index is 12.7. The number of aliphatic hydroxyl groups is 8. The molecule has 0 spiro atoms. The molecule has 14 nitrogen and oxygen atoms in total. The number of rotatable bonds is 25. The first-order valence-corrected chi connectivity index (χ1v) is 18.4. The topological polar surface area (TPSA) is 228 Å². The van der Waals surface area contributed by atoms with Crippen LogP contribution in [-0.4, -0.2) is 140 Å². The molecule has 0 aromatic heterocycles. The number of nitrogens with one attached hydrogen (secondary N) is 1. The van der Waals surface area contributed by atoms with Gasteiger partial charge in [-0.1, -0.05) is 96.6 Å². The zero-order chi connectivity index (χ0) is 36.2. The van der Waals surface area contributed by atoms with Crippen molar-refractivity contribution in [3.63, 3.8) is 0 Å². The number of hydrogen-bond acceptors (Lipinski definition) is 13. The minimum atomic E-state index is -1.78. The Hall–Kier alpha value is -1.27. The van der Waals surface area contributed by atoms with Crippen LogP contribution >= 0.6 is 0 Å². The summed E-state index contributed by atoms with van der Waals surface area (Å²) in [4.78, 5) is 12.7. The van der Waals surface area contributed by atoms with Crippen molar-refractivity contribution < 1.29 is 64.6 Å². The summed E-state index contributed by atoms with van der Waals surface area (Å²) < 4.78 is 22.4. The van der Waals surface area contributed by atoms with Crippen LogP contribution in [0.15, 0.2) is 12.2 Å². The van der Waals surface area contributed by atoms with Gasteiger partial charge in [-0.05, 0) is 19.3 Å². The fraction of sp³-hybridized carbons (Fsp3) is 0.914. The van der Waals surface area contributed by atoms with E-state index < -0.39 is 86.8 Å². The van der Waals surface area contributed by atoms with Gasteiger partial charge in [-0.25, -0.2) is 0 Å². The van der Waals surface area contributed by atoms with E-state index in [2.05, 4.69) is 12.2 Å². The van der Waals surface area contributed by atoms with Crippen LogP contribution in [-0.2, 0) is 23.7 Å². The molecule has 2 heterocycles. The molecule has 2 aliphatic heterocycles. The Bertz CT molecular complexity index is 894. The Morgan fingerprint density at radius 3 is 1.88 bits per heavy atom. The second-order valence-electron chi connectivity index (χ2n) is 13.4. The van der Waals surface area contributed by atoms with Gasteiger partial charge in [0.2, 0.25) is 5.91 Å². The number of unbranched alkanes of at least 4 members (excludes halogenated alkanes) is 12. The highest BCUT2D eigenvalue weighted by Crippen LogP contribution is 2.29. The van der Waals surface area contributed by atoms with Crippen molar-refractivity contribution in [3.05, 3.63) is 12.2 Å². The van der Waals surface area contributed by atoms with Gasteiger partial charge in [-0.2, -0.15) is 0 Å². The molecule has 0 saturated carbocycles. The molecule has 2 fully saturated rings. The first-order valence-electron chi connectivity index (χ1n) is 18.4. The SMILES string of the molecule is CCCCCCCCCCCC/C=C/C(O)C(COC1OC(CO)C(OC2OC(CO)C(O)C(O)C2O)C(O)C1O)NC(=O)CCCCC. The average Bonchev–Trinajstić information content (AvgIpc) is 3.09. The summed E-state index contributed by atoms with van der Waals surface area (Å²) >= 11 is 0. The van der Waals surface area contributed by atoms with Gasteiger partial charge < -0.3 is 65.1 Å². The Balaban J connectivity index is 1.94. The molecule has 2 aliphatic rings. The summed E-state index contributed by atoms with van der Waals surface area (Å²) in [5, 5.41) is 85.4. The van der Waals surface area contributed by atoms with E-state index in [9.17, 15) is 45.6 Å². The molecule has 14 heteroatoms. The molecule has 0 radical (unpaired) electrons. The number of amides is 1. The molecule has 288 valence electrons. The third kappa shape index (κ3) is 15.1. The highest BCUT2D eigenvalue weighted by atomic mass is 16.7. The van der Waals surface area contributed by atoms with Gasteiger partial charge in [-0.15, -0.1) is 0 Å². The predicted molar refractivity (Wildman–Crippen MR) is 180 cm³/mol. The van der Waals surface area contributed by atoms with Crippen LogP contribution in [0.2, 0.25) is 0 Å². The van der Waals surface area contributed by atoms with E-state index in [0.717, 1.165) is 32.1 Å². The Kier molecular flexibility index (Phi) is 22.2. The molecular weight excluding hydrogens is 642 g/mol. The molecule has 0 aromatic rings. The highest BCUT2D eigenvalue weighted by molar-refractivity contribution is 5.76. The summed E-state index contributed by atoms with van der Waals surface area (Å²) in [7, 11) is 0. The summed E-state index contributed by atoms with van der Waals surface area (Å²) in [5.74, 6) is -0.268. The fourth-order valence-electron chi connectivity index (χ4n) is 6.05. The van der Waals surface area contributed by atoms with Crippen molar-refractivity contribution >= 4 is 5.91 Å². The molecule has 0 bridgehead atoms. The lowest BCUT2D eigenvalue weighted by molar-refractivity contribution is -0.359. The van der Waals surface area contributed by atoms with Crippen LogP contribution in [0.1, 0.15) is 110 Å². The van der Waals surface area contributed by atoms with Crippen LogP contribution in [0.25, 0.3) is 0 Å². The Morgan fingerprint density at radius 2 is 1.27 bits per heavy atom. The van der Waals surface area contributed by atoms with Crippen molar-refractivity contribution in [2.45, 2.75) is 184 Å². The molecule has 2 rings (SSSR count). The van der Waals surface area contributed by atoms with E-state index in [4.69, 9.17) is 18.9 Å². The van der Waals surface area contributed by atoms with E-state index in [-0.39, 0.29) is 18.9 Å². The van der Waals surface area contributed by atoms with Crippen LogP contribution in [0.5, 0.6) is 0 Å². The molecular formula is C35H65NO13. The van der Waals surface area contributed by atoms with Crippen LogP contribution in [0.3, 0.4) is 0 Å². The summed E-state index contributed by atoms with van der Waals surface area (Å²) in [6, 6.07) is -0.901. The van der Waals surface area contributed by atoms with E-state index in [1.54, 1.807) is 6.08 Å². The van der Waals surface area contributed by atoms with Gasteiger partial charge in [0, 0.05) is 6.42 Å². The zero-order valence-corrected chi connectivity index (χ0v) is 29.4. The molecule has 9 N–H and O–H groups in total. The minimum Gasteiger partial charge on any atom is -0.394 e. The molecule has 0 aliphatic carbocycles. The van der Waals surface area contributed by atoms with E-state index in [1.807, 2.05) is 13.0 Å². The third-order valence-electron chi connectivity index (χ3n) is 9.22. The second kappa shape index (κ2) is 24.8. The number of hydrogen-bond donors (Lipinski definition) is 9. The fourth-order valence-corrected chi connectivity index (χ4v) is 6.05. The second-order valence-corrected chi connectivity index (χ2v) is 13.4. The smallest absolute Gasteiger partial charge is 0.220 e. The maximum Gasteiger partial charge on any atom is 0.220 e. The summed E-state index contributed by atoms with van der Waals surface area (Å²) in [5.41, 5.74) is 0. The Morgan fingerprint density at radius 1 is 0.714 bits per heavy atom. The van der Waals surface area contributed by atoms with Crippen LogP contribution < -0.4 is 5.32 Å². The van der Waals surface area contributed by atoms with E-state index in [0.29, 0.717) is 6.42 Å². The summed E-state index contributed by atoms with van der Waals surface area (Å²) in [6.45, 7) is 2.53. The molecule has 2 saturated heterocycles. The van der Waals surface area contributed by atoms with Gasteiger partial charge in [-0.3, -0.25) is 4.79 Å². The lowest BCUT2D eigenvalue weighted by atomic mass is 9.97. The van der Waals surface area contributed by atoms with Gasteiger partial charge in [0.25, 0.3) is 0 Å². The van der Waals surface area contributed by atoms with Crippen molar-refractivity contribution in [3.8, 4) is 0 Å². The van der Waals surface area contributed by atoms with Gasteiger partial charge in [0.1, 0.15) is 48.8 Å². The van der Waals surface area contributed by atoms with Crippen molar-refractivity contribution in [2.75, 3.05) is 19.8 Å². The highest BCUT2D eigenvalue weighted by Gasteiger charge is 2.50. The standard InChI is InChI=1S/C35H65NO13/c1-3-5-7-8-9-10-11-12-13-14-15-17-18-24(39)23(36-27(40)19-16-6-4-2)22-46-34-32(45)30(43)33(26(21-38)48-34)49-35-31(44)29(42)28(41)25(20-37)47-35/h17-18,23-26,28-35,37-39,41-45H,3-16,19-22H2,1-2H3,(H,36,40)/b18-17+. The quantitative estimate of drug-likeness (QED) is 0.0476. The molecule has 12 unspecified atom stereocenters. The maximum absolute atomic E-state index is 12.7. The van der Waals surface area contributed by atoms with Crippen molar-refractivity contribution in [2.24, 2.45) is 0 Å². The molecule has 49 heavy (non-hydrogen) atoms. The van der Waals surface area contributed by atoms with Gasteiger partial charge in [0.05, 0.1) is 32.0 Å². The third-order valence-corrected chi connectivity index (χ3v) is 9.22. The number of carbonyl (C=O) groups is 1. The number of ether oxygens (including phenoxy) is 4. The number of carbonyl (C=O) groups excluding carboxylic acids is 1. The van der Waals surface area contributed by atoms with E-state index >= 15 is 0 Å². The lowest BCUT2D eigenvalue weighted by Gasteiger charge is -2.46. The van der Waals surface area contributed by atoms with Gasteiger partial charge in [0.15, 0.2) is 12.6 Å². The van der Waals surface area contributed by atoms with Crippen molar-refractivity contribution in [1.82, 2.24) is 5.32 Å². The summed E-state index contributed by atoms with van der Waals surface area (Å²) in [6.07, 6.45) is 2.34. The van der Waals surface area contributed by atoms with Gasteiger partial charge >= 0.3 is 0 Å². The van der Waals surface area contributed by atoms with Crippen LogP contribution in [0, 0.1) is 0 Å². The van der Waals surface area contributed by atoms with Crippen LogP contribution in [0.4, 0.5) is 0 Å². The molecule has 1 amide bonds. The number of allylic oxidation sites excluding steroid dienone is 1. The normalized spacial score (nSPS) is 32.0.